The van der Waals surface area contributed by atoms with Crippen LogP contribution in [-0.2, 0) is 19.1 Å². The first kappa shape index (κ1) is 10.8. The summed E-state index contributed by atoms with van der Waals surface area (Å²) in [6, 6.07) is -0.682. The third kappa shape index (κ3) is 3.82. The van der Waals surface area contributed by atoms with Crippen molar-refractivity contribution in [3.8, 4) is 0 Å². The molecule has 68 valence electrons. The number of esters is 1. The molecule has 0 aliphatic heterocycles. The number of hydrogen-bond donors (Lipinski definition) is 1. The van der Waals surface area contributed by atoms with Gasteiger partial charge >= 0.3 is 5.97 Å². The van der Waals surface area contributed by atoms with E-state index in [0.29, 0.717) is 6.29 Å². The molecule has 0 unspecified atom stereocenters. The molecule has 0 fully saturated rings. The fraction of sp³-hybridized carbons (Fsp3) is 0.571. The molecule has 5 nitrogen and oxygen atoms in total. The van der Waals surface area contributed by atoms with Crippen molar-refractivity contribution in [1.82, 2.24) is 0 Å². The summed E-state index contributed by atoms with van der Waals surface area (Å²) >= 11 is 0. The van der Waals surface area contributed by atoms with E-state index in [2.05, 4.69) is 4.74 Å². The third-order valence-corrected chi connectivity index (χ3v) is 1.29. The van der Waals surface area contributed by atoms with E-state index in [9.17, 15) is 14.4 Å². The normalized spacial score (nSPS) is 11.8. The molecule has 0 spiro atoms. The third-order valence-electron chi connectivity index (χ3n) is 1.29. The smallest absolute Gasteiger partial charge is 0.374 e. The minimum atomic E-state index is -0.895. The van der Waals surface area contributed by atoms with Crippen LogP contribution in [0.25, 0.3) is 0 Å². The summed E-state index contributed by atoms with van der Waals surface area (Å²) in [5.74, 6) is -1.55. The summed E-state index contributed by atoms with van der Waals surface area (Å²) in [6.45, 7) is 0. The molecule has 12 heavy (non-hydrogen) atoms. The molecule has 0 saturated carbocycles. The Morgan fingerprint density at radius 3 is 2.58 bits per heavy atom. The Bertz CT molecular complexity index is 190. The van der Waals surface area contributed by atoms with Gasteiger partial charge < -0.3 is 15.3 Å². The molecule has 0 radical (unpaired) electrons. The Labute approximate surface area is 69.9 Å². The van der Waals surface area contributed by atoms with Crippen LogP contribution in [0.15, 0.2) is 0 Å². The van der Waals surface area contributed by atoms with E-state index in [0.717, 1.165) is 7.11 Å². The van der Waals surface area contributed by atoms with Crippen LogP contribution in [0.2, 0.25) is 0 Å². The maximum Gasteiger partial charge on any atom is 0.374 e. The molecular formula is C7H11NO4. The van der Waals surface area contributed by atoms with Crippen LogP contribution in [0, 0.1) is 0 Å². The lowest BCUT2D eigenvalue weighted by Gasteiger charge is -2.00. The van der Waals surface area contributed by atoms with Gasteiger partial charge in [0.25, 0.3) is 0 Å². The predicted octanol–water partition coefficient (Wildman–Crippen LogP) is -0.965. The molecule has 0 aliphatic rings. The van der Waals surface area contributed by atoms with Crippen LogP contribution in [0.4, 0.5) is 0 Å². The lowest BCUT2D eigenvalue weighted by atomic mass is 10.1. The summed E-state index contributed by atoms with van der Waals surface area (Å²) in [4.78, 5) is 31.3. The number of carbonyl (C=O) groups is 3. The molecule has 1 atom stereocenters. The molecule has 0 aliphatic carbocycles. The minimum absolute atomic E-state index is 0.0490. The van der Waals surface area contributed by atoms with Gasteiger partial charge in [-0.1, -0.05) is 0 Å². The fourth-order valence-corrected chi connectivity index (χ4v) is 0.582. The zero-order valence-electron chi connectivity index (χ0n) is 6.78. The Balaban J connectivity index is 3.71. The van der Waals surface area contributed by atoms with Crippen LogP contribution < -0.4 is 5.73 Å². The van der Waals surface area contributed by atoms with Crippen molar-refractivity contribution in [2.75, 3.05) is 7.11 Å². The first-order chi connectivity index (χ1) is 5.61. The zero-order chi connectivity index (χ0) is 9.56. The van der Waals surface area contributed by atoms with Gasteiger partial charge in [0.1, 0.15) is 6.29 Å². The van der Waals surface area contributed by atoms with Gasteiger partial charge in [-0.3, -0.25) is 4.79 Å². The number of Topliss-reactive ketones (excluding diaryl/α,β-unsaturated/α-hetero) is 1. The van der Waals surface area contributed by atoms with Gasteiger partial charge in [-0.2, -0.15) is 0 Å². The van der Waals surface area contributed by atoms with Crippen molar-refractivity contribution in [2.45, 2.75) is 18.9 Å². The van der Waals surface area contributed by atoms with Crippen molar-refractivity contribution < 1.29 is 19.1 Å². The predicted molar refractivity (Wildman–Crippen MR) is 40.3 cm³/mol. The molecule has 0 rings (SSSR count). The number of methoxy groups -OCH3 is 1. The molecule has 2 N–H and O–H groups in total. The Kier molecular flexibility index (Phi) is 4.87. The maximum absolute atomic E-state index is 10.7. The van der Waals surface area contributed by atoms with Crippen molar-refractivity contribution in [2.24, 2.45) is 5.73 Å². The summed E-state index contributed by atoms with van der Waals surface area (Å²) in [5.41, 5.74) is 5.19. The van der Waals surface area contributed by atoms with Gasteiger partial charge in [-0.05, 0) is 6.42 Å². The fourth-order valence-electron chi connectivity index (χ4n) is 0.582. The van der Waals surface area contributed by atoms with E-state index in [1.807, 2.05) is 0 Å². The highest BCUT2D eigenvalue weighted by Crippen LogP contribution is 1.94. The van der Waals surface area contributed by atoms with Crippen LogP contribution in [0.5, 0.6) is 0 Å². The molecular weight excluding hydrogens is 162 g/mol. The topological polar surface area (TPSA) is 86.5 Å². The summed E-state index contributed by atoms with van der Waals surface area (Å²) < 4.78 is 4.16. The average molecular weight is 173 g/mol. The maximum atomic E-state index is 10.7. The number of aldehydes is 1. The van der Waals surface area contributed by atoms with Gasteiger partial charge in [0.05, 0.1) is 13.2 Å². The second-order valence-electron chi connectivity index (χ2n) is 2.25. The van der Waals surface area contributed by atoms with Crippen LogP contribution >= 0.6 is 0 Å². The number of hydrogen-bond acceptors (Lipinski definition) is 5. The highest BCUT2D eigenvalue weighted by Gasteiger charge is 2.14. The highest BCUT2D eigenvalue weighted by molar-refractivity contribution is 6.33. The molecule has 0 bridgehead atoms. The van der Waals surface area contributed by atoms with E-state index in [1.54, 1.807) is 0 Å². The minimum Gasteiger partial charge on any atom is -0.463 e. The molecule has 0 heterocycles. The molecule has 5 heteroatoms. The van der Waals surface area contributed by atoms with Crippen LogP contribution in [-0.4, -0.2) is 31.2 Å². The van der Waals surface area contributed by atoms with Gasteiger partial charge in [0, 0.05) is 6.42 Å². The van der Waals surface area contributed by atoms with Crippen molar-refractivity contribution >= 4 is 18.0 Å². The number of nitrogens with two attached hydrogens (primary N) is 1. The average Bonchev–Trinajstić information content (AvgIpc) is 2.11. The van der Waals surface area contributed by atoms with Crippen LogP contribution in [0.1, 0.15) is 12.8 Å². The standard InChI is InChI=1S/C7H11NO4/c1-12-7(11)6(10)3-2-5(8)4-9/h4-5H,2-3,8H2,1H3/t5-/m0/s1. The highest BCUT2D eigenvalue weighted by atomic mass is 16.5. The molecule has 0 aromatic carbocycles. The second kappa shape index (κ2) is 5.42. The Morgan fingerprint density at radius 1 is 1.58 bits per heavy atom. The number of ketones is 1. The van der Waals surface area contributed by atoms with E-state index in [1.165, 1.54) is 0 Å². The summed E-state index contributed by atoms with van der Waals surface area (Å²) in [7, 11) is 1.12. The SMILES string of the molecule is COC(=O)C(=O)CC[C@H](N)C=O. The monoisotopic (exact) mass is 173 g/mol. The molecule has 0 saturated heterocycles. The van der Waals surface area contributed by atoms with Crippen LogP contribution in [0.3, 0.4) is 0 Å². The van der Waals surface area contributed by atoms with Crippen molar-refractivity contribution in [3.05, 3.63) is 0 Å². The van der Waals surface area contributed by atoms with Gasteiger partial charge in [-0.25, -0.2) is 4.79 Å². The Morgan fingerprint density at radius 2 is 2.17 bits per heavy atom. The summed E-state index contributed by atoms with van der Waals surface area (Å²) in [6.07, 6.45) is 0.661. The first-order valence-electron chi connectivity index (χ1n) is 3.43. The van der Waals surface area contributed by atoms with Gasteiger partial charge in [-0.15, -0.1) is 0 Å². The van der Waals surface area contributed by atoms with Gasteiger partial charge in [0.2, 0.25) is 5.78 Å². The quantitative estimate of drug-likeness (QED) is 0.328. The van der Waals surface area contributed by atoms with E-state index in [-0.39, 0.29) is 12.8 Å². The lowest BCUT2D eigenvalue weighted by Crippen LogP contribution is -2.24. The van der Waals surface area contributed by atoms with E-state index >= 15 is 0 Å². The number of rotatable bonds is 5. The lowest BCUT2D eigenvalue weighted by molar-refractivity contribution is -0.151. The van der Waals surface area contributed by atoms with E-state index < -0.39 is 17.8 Å². The van der Waals surface area contributed by atoms with E-state index in [4.69, 9.17) is 5.73 Å². The molecule has 0 aromatic heterocycles. The molecule has 0 amide bonds. The first-order valence-corrected chi connectivity index (χ1v) is 3.43. The van der Waals surface area contributed by atoms with Crippen molar-refractivity contribution in [1.29, 1.82) is 0 Å². The zero-order valence-corrected chi connectivity index (χ0v) is 6.78. The number of carbonyl (C=O) groups excluding carboxylic acids is 3. The number of ether oxygens (including phenoxy) is 1. The largest absolute Gasteiger partial charge is 0.463 e. The Hall–Kier alpha value is -1.23. The van der Waals surface area contributed by atoms with Gasteiger partial charge in [0.15, 0.2) is 0 Å². The second-order valence-corrected chi connectivity index (χ2v) is 2.25. The van der Waals surface area contributed by atoms with Crippen molar-refractivity contribution in [3.63, 3.8) is 0 Å². The summed E-state index contributed by atoms with van der Waals surface area (Å²) in [5, 5.41) is 0. The molecule has 0 aromatic rings.